The van der Waals surface area contributed by atoms with Crippen molar-refractivity contribution in [1.29, 1.82) is 0 Å². The van der Waals surface area contributed by atoms with Crippen molar-refractivity contribution >= 4 is 5.97 Å². The van der Waals surface area contributed by atoms with Crippen LogP contribution >= 0.6 is 0 Å². The van der Waals surface area contributed by atoms with E-state index < -0.39 is 5.97 Å². The first-order chi connectivity index (χ1) is 8.08. The van der Waals surface area contributed by atoms with E-state index in [9.17, 15) is 4.79 Å². The zero-order valence-corrected chi connectivity index (χ0v) is 9.89. The van der Waals surface area contributed by atoms with Crippen LogP contribution in [-0.4, -0.2) is 25.3 Å². The Kier molecular flexibility index (Phi) is 4.39. The quantitative estimate of drug-likeness (QED) is 0.628. The first-order valence-corrected chi connectivity index (χ1v) is 4.87. The van der Waals surface area contributed by atoms with Gasteiger partial charge in [0.2, 0.25) is 0 Å². The number of hydrogen-bond acceptors (Lipinski definition) is 4. The van der Waals surface area contributed by atoms with Crippen molar-refractivity contribution in [3.05, 3.63) is 30.0 Å². The van der Waals surface area contributed by atoms with Gasteiger partial charge in [0.25, 0.3) is 0 Å². The van der Waals surface area contributed by atoms with E-state index in [2.05, 4.69) is 0 Å². The number of carboxylic acids is 1. The molecule has 0 saturated carbocycles. The standard InChI is InChI=1S/C12H14O5/c1-8(12(13)14)7-17-10-5-4-9(15-2)6-11(10)16-3/h4-7H,1-3H3,(H,13,14). The molecule has 0 aliphatic rings. The summed E-state index contributed by atoms with van der Waals surface area (Å²) in [7, 11) is 3.04. The van der Waals surface area contributed by atoms with Crippen molar-refractivity contribution in [2.24, 2.45) is 0 Å². The van der Waals surface area contributed by atoms with Gasteiger partial charge in [0.1, 0.15) is 12.0 Å². The second-order valence-electron chi connectivity index (χ2n) is 3.24. The van der Waals surface area contributed by atoms with Crippen LogP contribution in [0.15, 0.2) is 30.0 Å². The first-order valence-electron chi connectivity index (χ1n) is 4.87. The molecular weight excluding hydrogens is 224 g/mol. The van der Waals surface area contributed by atoms with E-state index in [1.54, 1.807) is 25.3 Å². The molecule has 1 aromatic rings. The highest BCUT2D eigenvalue weighted by Gasteiger charge is 2.06. The normalized spacial score (nSPS) is 10.9. The molecule has 0 heterocycles. The molecule has 92 valence electrons. The lowest BCUT2D eigenvalue weighted by molar-refractivity contribution is -0.132. The fraction of sp³-hybridized carbons (Fsp3) is 0.250. The molecule has 0 spiro atoms. The first kappa shape index (κ1) is 12.9. The van der Waals surface area contributed by atoms with Gasteiger partial charge in [0, 0.05) is 6.07 Å². The van der Waals surface area contributed by atoms with Gasteiger partial charge in [-0.2, -0.15) is 0 Å². The predicted molar refractivity (Wildman–Crippen MR) is 61.6 cm³/mol. The van der Waals surface area contributed by atoms with Crippen LogP contribution in [0.25, 0.3) is 0 Å². The van der Waals surface area contributed by atoms with Crippen LogP contribution in [0.4, 0.5) is 0 Å². The summed E-state index contributed by atoms with van der Waals surface area (Å²) < 4.78 is 15.4. The van der Waals surface area contributed by atoms with E-state index in [0.29, 0.717) is 17.2 Å². The van der Waals surface area contributed by atoms with Crippen molar-refractivity contribution < 1.29 is 24.1 Å². The number of hydrogen-bond donors (Lipinski definition) is 1. The van der Waals surface area contributed by atoms with Crippen molar-refractivity contribution in [2.75, 3.05) is 14.2 Å². The molecular formula is C12H14O5. The maximum Gasteiger partial charge on any atom is 0.334 e. The van der Waals surface area contributed by atoms with Crippen molar-refractivity contribution in [1.82, 2.24) is 0 Å². The zero-order chi connectivity index (χ0) is 12.8. The lowest BCUT2D eigenvalue weighted by atomic mass is 10.3. The summed E-state index contributed by atoms with van der Waals surface area (Å²) in [6.07, 6.45) is 1.16. The number of rotatable bonds is 5. The lowest BCUT2D eigenvalue weighted by Gasteiger charge is -2.09. The van der Waals surface area contributed by atoms with Gasteiger partial charge in [-0.25, -0.2) is 4.79 Å². The lowest BCUT2D eigenvalue weighted by Crippen LogP contribution is -1.99. The Morgan fingerprint density at radius 2 is 1.94 bits per heavy atom. The number of carboxylic acid groups (broad SMARTS) is 1. The number of methoxy groups -OCH3 is 2. The van der Waals surface area contributed by atoms with E-state index in [0.717, 1.165) is 6.26 Å². The monoisotopic (exact) mass is 238 g/mol. The average molecular weight is 238 g/mol. The molecule has 0 aliphatic heterocycles. The van der Waals surface area contributed by atoms with E-state index in [1.807, 2.05) is 0 Å². The van der Waals surface area contributed by atoms with Crippen molar-refractivity contribution in [2.45, 2.75) is 6.92 Å². The molecule has 0 amide bonds. The summed E-state index contributed by atoms with van der Waals surface area (Å²) >= 11 is 0. The summed E-state index contributed by atoms with van der Waals surface area (Å²) in [5, 5.41) is 8.67. The molecule has 0 radical (unpaired) electrons. The van der Waals surface area contributed by atoms with Gasteiger partial charge in [-0.1, -0.05) is 0 Å². The molecule has 5 heteroatoms. The highest BCUT2D eigenvalue weighted by Crippen LogP contribution is 2.31. The molecule has 1 N–H and O–H groups in total. The summed E-state index contributed by atoms with van der Waals surface area (Å²) in [5.74, 6) is 0.498. The molecule has 0 fully saturated rings. The average Bonchev–Trinajstić information content (AvgIpc) is 2.35. The Hall–Kier alpha value is -2.17. The largest absolute Gasteiger partial charge is 0.497 e. The second-order valence-corrected chi connectivity index (χ2v) is 3.24. The molecule has 1 aromatic carbocycles. The SMILES string of the molecule is COc1ccc(OC=C(C)C(=O)O)c(OC)c1. The van der Waals surface area contributed by atoms with E-state index in [1.165, 1.54) is 14.0 Å². The summed E-state index contributed by atoms with van der Waals surface area (Å²) in [6.45, 7) is 1.44. The maximum atomic E-state index is 10.6. The van der Waals surface area contributed by atoms with E-state index in [-0.39, 0.29) is 5.57 Å². The summed E-state index contributed by atoms with van der Waals surface area (Å²) in [6, 6.07) is 4.99. The Balaban J connectivity index is 2.91. The van der Waals surface area contributed by atoms with Crippen molar-refractivity contribution in [3.8, 4) is 17.2 Å². The molecule has 0 atom stereocenters. The maximum absolute atomic E-state index is 10.6. The van der Waals surface area contributed by atoms with Gasteiger partial charge in [-0.3, -0.25) is 0 Å². The molecule has 0 bridgehead atoms. The highest BCUT2D eigenvalue weighted by molar-refractivity contribution is 5.85. The van der Waals surface area contributed by atoms with Crippen LogP contribution in [0, 0.1) is 0 Å². The van der Waals surface area contributed by atoms with Crippen LogP contribution in [0.5, 0.6) is 17.2 Å². The van der Waals surface area contributed by atoms with Gasteiger partial charge in [0.15, 0.2) is 11.5 Å². The molecule has 1 rings (SSSR count). The van der Waals surface area contributed by atoms with Gasteiger partial charge >= 0.3 is 5.97 Å². The third-order valence-electron chi connectivity index (χ3n) is 2.07. The minimum Gasteiger partial charge on any atom is -0.497 e. The minimum atomic E-state index is -1.03. The smallest absolute Gasteiger partial charge is 0.334 e. The van der Waals surface area contributed by atoms with Gasteiger partial charge < -0.3 is 19.3 Å². The molecule has 0 saturated heterocycles. The third-order valence-corrected chi connectivity index (χ3v) is 2.07. The number of carbonyl (C=O) groups is 1. The van der Waals surface area contributed by atoms with Gasteiger partial charge in [0.05, 0.1) is 19.8 Å². The molecule has 5 nitrogen and oxygen atoms in total. The number of aliphatic carboxylic acids is 1. The van der Waals surface area contributed by atoms with E-state index >= 15 is 0 Å². The highest BCUT2D eigenvalue weighted by atomic mass is 16.5. The predicted octanol–water partition coefficient (Wildman–Crippen LogP) is 2.07. The molecule has 0 unspecified atom stereocenters. The van der Waals surface area contributed by atoms with Crippen LogP contribution in [0.3, 0.4) is 0 Å². The Morgan fingerprint density at radius 3 is 2.47 bits per heavy atom. The third kappa shape index (κ3) is 3.41. The Labute approximate surface area is 99.2 Å². The number of ether oxygens (including phenoxy) is 3. The van der Waals surface area contributed by atoms with Gasteiger partial charge in [-0.15, -0.1) is 0 Å². The Bertz CT molecular complexity index is 437. The Morgan fingerprint density at radius 1 is 1.24 bits per heavy atom. The van der Waals surface area contributed by atoms with Gasteiger partial charge in [-0.05, 0) is 19.1 Å². The fourth-order valence-electron chi connectivity index (χ4n) is 1.07. The topological polar surface area (TPSA) is 65.0 Å². The molecule has 0 aromatic heterocycles. The molecule has 0 aliphatic carbocycles. The van der Waals surface area contributed by atoms with Crippen LogP contribution in [-0.2, 0) is 4.79 Å². The van der Waals surface area contributed by atoms with E-state index in [4.69, 9.17) is 19.3 Å². The van der Waals surface area contributed by atoms with Crippen LogP contribution in [0.2, 0.25) is 0 Å². The zero-order valence-electron chi connectivity index (χ0n) is 9.89. The van der Waals surface area contributed by atoms with Crippen molar-refractivity contribution in [3.63, 3.8) is 0 Å². The summed E-state index contributed by atoms with van der Waals surface area (Å²) in [5.41, 5.74) is 0.0999. The second kappa shape index (κ2) is 5.79. The fourth-order valence-corrected chi connectivity index (χ4v) is 1.07. The summed E-state index contributed by atoms with van der Waals surface area (Å²) in [4.78, 5) is 10.6. The molecule has 17 heavy (non-hydrogen) atoms. The van der Waals surface area contributed by atoms with Crippen LogP contribution < -0.4 is 14.2 Å². The minimum absolute atomic E-state index is 0.0999. The number of benzene rings is 1. The van der Waals surface area contributed by atoms with Crippen LogP contribution in [0.1, 0.15) is 6.92 Å².